The summed E-state index contributed by atoms with van der Waals surface area (Å²) in [6.45, 7) is 2.20. The molecule has 0 aromatic rings. The summed E-state index contributed by atoms with van der Waals surface area (Å²) in [5.74, 6) is 1.01. The van der Waals surface area contributed by atoms with E-state index < -0.39 is 7.60 Å². The third-order valence-electron chi connectivity index (χ3n) is 2.63. The van der Waals surface area contributed by atoms with Gasteiger partial charge >= 0.3 is 7.60 Å². The van der Waals surface area contributed by atoms with Crippen molar-refractivity contribution >= 4 is 7.60 Å². The molecule has 0 heterocycles. The molecule has 0 aromatic heterocycles. The van der Waals surface area contributed by atoms with Crippen molar-refractivity contribution in [3.8, 4) is 0 Å². The molecule has 1 saturated carbocycles. The second-order valence-corrected chi connectivity index (χ2v) is 5.67. The summed E-state index contributed by atoms with van der Waals surface area (Å²) in [6, 6.07) is 0. The summed E-state index contributed by atoms with van der Waals surface area (Å²) >= 11 is 0. The molecule has 72 valence electrons. The van der Waals surface area contributed by atoms with Crippen LogP contribution in [-0.4, -0.2) is 15.9 Å². The van der Waals surface area contributed by atoms with Crippen LogP contribution in [0.15, 0.2) is 0 Å². The van der Waals surface area contributed by atoms with E-state index in [9.17, 15) is 4.57 Å². The molecule has 0 saturated heterocycles. The molecule has 0 bridgehead atoms. The van der Waals surface area contributed by atoms with Crippen LogP contribution in [0.3, 0.4) is 0 Å². The van der Waals surface area contributed by atoms with Gasteiger partial charge in [0.25, 0.3) is 0 Å². The lowest BCUT2D eigenvalue weighted by molar-refractivity contribution is 0.290. The van der Waals surface area contributed by atoms with Gasteiger partial charge < -0.3 is 9.79 Å². The number of hydrogen-bond donors (Lipinski definition) is 2. The highest BCUT2D eigenvalue weighted by molar-refractivity contribution is 7.51. The topological polar surface area (TPSA) is 57.5 Å². The minimum Gasteiger partial charge on any atom is -0.324 e. The molecule has 0 amide bonds. The van der Waals surface area contributed by atoms with Gasteiger partial charge in [0, 0.05) is 0 Å². The van der Waals surface area contributed by atoms with E-state index in [-0.39, 0.29) is 12.1 Å². The zero-order chi connectivity index (χ0) is 9.19. The van der Waals surface area contributed by atoms with Crippen molar-refractivity contribution in [2.24, 2.45) is 11.8 Å². The van der Waals surface area contributed by atoms with Gasteiger partial charge in [-0.3, -0.25) is 4.57 Å². The van der Waals surface area contributed by atoms with Gasteiger partial charge in [-0.25, -0.2) is 0 Å². The SMILES string of the molecule is CC1CCC(CP(=O)(O)O)CC1. The molecule has 0 unspecified atom stereocenters. The predicted molar refractivity (Wildman–Crippen MR) is 48.0 cm³/mol. The van der Waals surface area contributed by atoms with Crippen LogP contribution in [0.25, 0.3) is 0 Å². The second kappa shape index (κ2) is 3.91. The largest absolute Gasteiger partial charge is 0.325 e. The van der Waals surface area contributed by atoms with E-state index in [0.29, 0.717) is 0 Å². The summed E-state index contributed by atoms with van der Waals surface area (Å²) in [5, 5.41) is 0. The lowest BCUT2D eigenvalue weighted by atomic mass is 9.84. The minimum atomic E-state index is -3.75. The summed E-state index contributed by atoms with van der Waals surface area (Å²) in [6.07, 6.45) is 4.34. The van der Waals surface area contributed by atoms with Gasteiger partial charge in [-0.15, -0.1) is 0 Å². The van der Waals surface area contributed by atoms with E-state index in [2.05, 4.69) is 6.92 Å². The van der Waals surface area contributed by atoms with Gasteiger partial charge in [0.05, 0.1) is 6.16 Å². The zero-order valence-corrected chi connectivity index (χ0v) is 8.33. The fourth-order valence-corrected chi connectivity index (χ4v) is 2.89. The van der Waals surface area contributed by atoms with Crippen molar-refractivity contribution in [2.45, 2.75) is 32.6 Å². The van der Waals surface area contributed by atoms with Crippen LogP contribution in [0.5, 0.6) is 0 Å². The fourth-order valence-electron chi connectivity index (χ4n) is 1.85. The molecule has 0 aliphatic heterocycles. The lowest BCUT2D eigenvalue weighted by Crippen LogP contribution is -2.15. The van der Waals surface area contributed by atoms with Crippen molar-refractivity contribution in [2.75, 3.05) is 6.16 Å². The highest BCUT2D eigenvalue weighted by atomic mass is 31.2. The molecule has 2 N–H and O–H groups in total. The molecular formula is C8H17O3P. The predicted octanol–water partition coefficient (Wildman–Crippen LogP) is 1.99. The summed E-state index contributed by atoms with van der Waals surface area (Å²) in [4.78, 5) is 17.5. The van der Waals surface area contributed by atoms with Crippen LogP contribution in [0, 0.1) is 11.8 Å². The van der Waals surface area contributed by atoms with E-state index in [1.807, 2.05) is 0 Å². The summed E-state index contributed by atoms with van der Waals surface area (Å²) < 4.78 is 10.7. The minimum absolute atomic E-state index is 0.0969. The third-order valence-corrected chi connectivity index (χ3v) is 3.62. The molecule has 12 heavy (non-hydrogen) atoms. The molecule has 1 aliphatic rings. The van der Waals surface area contributed by atoms with Crippen molar-refractivity contribution < 1.29 is 14.4 Å². The normalized spacial score (nSPS) is 31.9. The average molecular weight is 192 g/mol. The van der Waals surface area contributed by atoms with E-state index >= 15 is 0 Å². The maximum atomic E-state index is 10.7. The third kappa shape index (κ3) is 3.70. The van der Waals surface area contributed by atoms with Crippen LogP contribution in [0.2, 0.25) is 0 Å². The zero-order valence-electron chi connectivity index (χ0n) is 7.44. The van der Waals surface area contributed by atoms with E-state index in [0.717, 1.165) is 31.6 Å². The Morgan fingerprint density at radius 2 is 1.75 bits per heavy atom. The Bertz CT molecular complexity index is 179. The first kappa shape index (κ1) is 10.2. The van der Waals surface area contributed by atoms with Crippen LogP contribution < -0.4 is 0 Å². The van der Waals surface area contributed by atoms with Gasteiger partial charge in [0.2, 0.25) is 0 Å². The van der Waals surface area contributed by atoms with Gasteiger partial charge in [-0.2, -0.15) is 0 Å². The summed E-state index contributed by atoms with van der Waals surface area (Å²) in [7, 11) is -3.75. The Morgan fingerprint density at radius 3 is 2.17 bits per heavy atom. The van der Waals surface area contributed by atoms with Crippen LogP contribution in [0.4, 0.5) is 0 Å². The standard InChI is InChI=1S/C8H17O3P/c1-7-2-4-8(5-3-7)6-12(9,10)11/h7-8H,2-6H2,1H3,(H2,9,10,11). The highest BCUT2D eigenvalue weighted by Gasteiger charge is 2.25. The Labute approximate surface area is 73.3 Å². The fraction of sp³-hybridized carbons (Fsp3) is 1.00. The molecule has 4 heteroatoms. The molecular weight excluding hydrogens is 175 g/mol. The van der Waals surface area contributed by atoms with E-state index in [1.54, 1.807) is 0 Å². The Morgan fingerprint density at radius 1 is 1.25 bits per heavy atom. The second-order valence-electron chi connectivity index (χ2n) is 3.97. The molecule has 1 aliphatic carbocycles. The first-order valence-electron chi connectivity index (χ1n) is 4.52. The molecule has 0 aromatic carbocycles. The molecule has 0 radical (unpaired) electrons. The van der Waals surface area contributed by atoms with Gasteiger partial charge in [0.1, 0.15) is 0 Å². The lowest BCUT2D eigenvalue weighted by Gasteiger charge is -2.25. The first-order valence-corrected chi connectivity index (χ1v) is 6.31. The monoisotopic (exact) mass is 192 g/mol. The smallest absolute Gasteiger partial charge is 0.324 e. The van der Waals surface area contributed by atoms with Gasteiger partial charge in [-0.1, -0.05) is 19.8 Å². The van der Waals surface area contributed by atoms with Crippen LogP contribution >= 0.6 is 7.60 Å². The number of hydrogen-bond acceptors (Lipinski definition) is 1. The van der Waals surface area contributed by atoms with Crippen molar-refractivity contribution in [3.63, 3.8) is 0 Å². The molecule has 1 rings (SSSR count). The first-order chi connectivity index (χ1) is 5.47. The molecule has 3 nitrogen and oxygen atoms in total. The number of rotatable bonds is 2. The average Bonchev–Trinajstić information content (AvgIpc) is 1.91. The Balaban J connectivity index is 2.31. The van der Waals surface area contributed by atoms with Crippen molar-refractivity contribution in [3.05, 3.63) is 0 Å². The van der Waals surface area contributed by atoms with Crippen molar-refractivity contribution in [1.29, 1.82) is 0 Å². The molecule has 0 spiro atoms. The van der Waals surface area contributed by atoms with E-state index in [1.165, 1.54) is 0 Å². The maximum absolute atomic E-state index is 10.7. The van der Waals surface area contributed by atoms with Crippen LogP contribution in [-0.2, 0) is 4.57 Å². The molecule has 0 atom stereocenters. The highest BCUT2D eigenvalue weighted by Crippen LogP contribution is 2.41. The van der Waals surface area contributed by atoms with Crippen molar-refractivity contribution in [1.82, 2.24) is 0 Å². The Hall–Kier alpha value is 0.150. The van der Waals surface area contributed by atoms with E-state index in [4.69, 9.17) is 9.79 Å². The van der Waals surface area contributed by atoms with Crippen LogP contribution in [0.1, 0.15) is 32.6 Å². The van der Waals surface area contributed by atoms with Gasteiger partial charge in [0.15, 0.2) is 0 Å². The summed E-state index contributed by atoms with van der Waals surface area (Å²) in [5.41, 5.74) is 0. The molecule has 1 fully saturated rings. The Kier molecular flexibility index (Phi) is 3.33. The van der Waals surface area contributed by atoms with Gasteiger partial charge in [-0.05, 0) is 24.7 Å². The quantitative estimate of drug-likeness (QED) is 0.658. The maximum Gasteiger partial charge on any atom is 0.325 e.